The Labute approximate surface area is 143 Å². The van der Waals surface area contributed by atoms with Gasteiger partial charge in [0.2, 0.25) is 0 Å². The summed E-state index contributed by atoms with van der Waals surface area (Å²) in [6.45, 7) is 0.860. The van der Waals surface area contributed by atoms with Crippen LogP contribution in [0, 0.1) is 0 Å². The van der Waals surface area contributed by atoms with Gasteiger partial charge in [-0.2, -0.15) is 0 Å². The van der Waals surface area contributed by atoms with Crippen LogP contribution in [0.15, 0.2) is 53.0 Å². The van der Waals surface area contributed by atoms with E-state index in [2.05, 4.69) is 26.6 Å². The predicted molar refractivity (Wildman–Crippen MR) is 92.7 cm³/mol. The molecule has 0 spiro atoms. The molecule has 2 N–H and O–H groups in total. The first-order chi connectivity index (χ1) is 11.1. The van der Waals surface area contributed by atoms with Crippen molar-refractivity contribution in [3.05, 3.63) is 64.1 Å². The maximum Gasteiger partial charge on any atom is 0.255 e. The molecule has 0 aliphatic heterocycles. The van der Waals surface area contributed by atoms with Gasteiger partial charge in [0.25, 0.3) is 11.8 Å². The van der Waals surface area contributed by atoms with Crippen LogP contribution >= 0.6 is 15.9 Å². The molecular weight excluding hydrogens is 360 g/mol. The van der Waals surface area contributed by atoms with Crippen molar-refractivity contribution in [3.8, 4) is 0 Å². The van der Waals surface area contributed by atoms with Crippen molar-refractivity contribution in [2.24, 2.45) is 0 Å². The first kappa shape index (κ1) is 17.2. The summed E-state index contributed by atoms with van der Waals surface area (Å²) in [5.41, 5.74) is 1.53. The van der Waals surface area contributed by atoms with Crippen LogP contribution in [0.5, 0.6) is 0 Å². The lowest BCUT2D eigenvalue weighted by molar-refractivity contribution is 0.0937. The van der Waals surface area contributed by atoms with E-state index in [-0.39, 0.29) is 11.8 Å². The molecule has 120 valence electrons. The minimum atomic E-state index is -0.269. The summed E-state index contributed by atoms with van der Waals surface area (Å²) in [5, 5.41) is 5.52. The molecule has 2 amide bonds. The minimum Gasteiger partial charge on any atom is -0.383 e. The molecule has 0 radical (unpaired) electrons. The van der Waals surface area contributed by atoms with Crippen molar-refractivity contribution in [1.29, 1.82) is 0 Å². The largest absolute Gasteiger partial charge is 0.383 e. The van der Waals surface area contributed by atoms with Crippen LogP contribution in [0.3, 0.4) is 0 Å². The van der Waals surface area contributed by atoms with Crippen molar-refractivity contribution in [3.63, 3.8) is 0 Å². The number of methoxy groups -OCH3 is 1. The second kappa shape index (κ2) is 8.45. The standard InChI is InChI=1S/C17H17BrN2O3/c1-23-9-8-19-16(21)12-4-2-5-13(10-12)17(22)20-15-7-3-6-14(18)11-15/h2-7,10-11H,8-9H2,1H3,(H,19,21)(H,20,22). The van der Waals surface area contributed by atoms with Gasteiger partial charge in [-0.25, -0.2) is 0 Å². The Balaban J connectivity index is 2.06. The summed E-state index contributed by atoms with van der Waals surface area (Å²) >= 11 is 3.35. The molecule has 5 nitrogen and oxygen atoms in total. The zero-order valence-corrected chi connectivity index (χ0v) is 14.2. The number of hydrogen-bond acceptors (Lipinski definition) is 3. The SMILES string of the molecule is COCCNC(=O)c1cccc(C(=O)Nc2cccc(Br)c2)c1. The number of nitrogens with one attached hydrogen (secondary N) is 2. The molecule has 0 heterocycles. The summed E-state index contributed by atoms with van der Waals surface area (Å²) in [6, 6.07) is 13.9. The van der Waals surface area contributed by atoms with Crippen molar-refractivity contribution < 1.29 is 14.3 Å². The van der Waals surface area contributed by atoms with Gasteiger partial charge in [0, 0.05) is 34.9 Å². The summed E-state index contributed by atoms with van der Waals surface area (Å²) in [6.07, 6.45) is 0. The molecule has 0 saturated heterocycles. The smallest absolute Gasteiger partial charge is 0.255 e. The molecular formula is C17H17BrN2O3. The van der Waals surface area contributed by atoms with Crippen LogP contribution in [0.4, 0.5) is 5.69 Å². The van der Waals surface area contributed by atoms with E-state index in [0.717, 1.165) is 4.47 Å². The zero-order valence-electron chi connectivity index (χ0n) is 12.6. The molecule has 0 unspecified atom stereocenters. The van der Waals surface area contributed by atoms with E-state index in [1.165, 1.54) is 0 Å². The highest BCUT2D eigenvalue weighted by Crippen LogP contribution is 2.16. The molecule has 2 aromatic carbocycles. The number of carbonyl (C=O) groups is 2. The van der Waals surface area contributed by atoms with Gasteiger partial charge in [0.1, 0.15) is 0 Å². The van der Waals surface area contributed by atoms with Crippen LogP contribution < -0.4 is 10.6 Å². The lowest BCUT2D eigenvalue weighted by Crippen LogP contribution is -2.27. The molecule has 0 fully saturated rings. The van der Waals surface area contributed by atoms with Crippen molar-refractivity contribution in [1.82, 2.24) is 5.32 Å². The molecule has 0 atom stereocenters. The van der Waals surface area contributed by atoms with Gasteiger partial charge >= 0.3 is 0 Å². The maximum absolute atomic E-state index is 12.3. The molecule has 0 aliphatic rings. The van der Waals surface area contributed by atoms with Crippen LogP contribution in [0.1, 0.15) is 20.7 Å². The third-order valence-electron chi connectivity index (χ3n) is 3.06. The van der Waals surface area contributed by atoms with E-state index >= 15 is 0 Å². The first-order valence-corrected chi connectivity index (χ1v) is 7.83. The van der Waals surface area contributed by atoms with Crippen LogP contribution in [-0.4, -0.2) is 32.1 Å². The Morgan fingerprint density at radius 2 is 1.74 bits per heavy atom. The molecule has 0 saturated carbocycles. The highest BCUT2D eigenvalue weighted by molar-refractivity contribution is 9.10. The highest BCUT2D eigenvalue weighted by atomic mass is 79.9. The van der Waals surface area contributed by atoms with Crippen LogP contribution in [0.2, 0.25) is 0 Å². The zero-order chi connectivity index (χ0) is 16.7. The number of hydrogen-bond donors (Lipinski definition) is 2. The van der Waals surface area contributed by atoms with Crippen molar-refractivity contribution >= 4 is 33.4 Å². The number of carbonyl (C=O) groups excluding carboxylic acids is 2. The van der Waals surface area contributed by atoms with Gasteiger partial charge in [0.05, 0.1) is 6.61 Å². The Hall–Kier alpha value is -2.18. The fourth-order valence-electron chi connectivity index (χ4n) is 1.94. The maximum atomic E-state index is 12.3. The number of halogens is 1. The van der Waals surface area contributed by atoms with Gasteiger partial charge < -0.3 is 15.4 Å². The summed E-state index contributed by atoms with van der Waals surface area (Å²) in [4.78, 5) is 24.3. The van der Waals surface area contributed by atoms with E-state index in [1.54, 1.807) is 43.5 Å². The van der Waals surface area contributed by atoms with E-state index in [9.17, 15) is 9.59 Å². The Bertz CT molecular complexity index is 704. The van der Waals surface area contributed by atoms with Crippen LogP contribution in [0.25, 0.3) is 0 Å². The van der Waals surface area contributed by atoms with E-state index in [1.807, 2.05) is 12.1 Å². The number of amides is 2. The minimum absolute atomic E-state index is 0.237. The number of benzene rings is 2. The molecule has 6 heteroatoms. The summed E-state index contributed by atoms with van der Waals surface area (Å²) in [5.74, 6) is -0.506. The van der Waals surface area contributed by atoms with Gasteiger partial charge in [0.15, 0.2) is 0 Å². The second-order valence-corrected chi connectivity index (χ2v) is 5.71. The van der Waals surface area contributed by atoms with E-state index in [4.69, 9.17) is 4.74 Å². The fraction of sp³-hybridized carbons (Fsp3) is 0.176. The predicted octanol–water partition coefficient (Wildman–Crippen LogP) is 3.08. The van der Waals surface area contributed by atoms with Crippen LogP contribution in [-0.2, 0) is 4.74 Å². The normalized spacial score (nSPS) is 10.2. The fourth-order valence-corrected chi connectivity index (χ4v) is 2.34. The third kappa shape index (κ3) is 5.19. The lowest BCUT2D eigenvalue weighted by Gasteiger charge is -2.08. The molecule has 2 rings (SSSR count). The first-order valence-electron chi connectivity index (χ1n) is 7.04. The molecule has 0 aromatic heterocycles. The van der Waals surface area contributed by atoms with Crippen molar-refractivity contribution in [2.45, 2.75) is 0 Å². The van der Waals surface area contributed by atoms with Gasteiger partial charge in [-0.15, -0.1) is 0 Å². The summed E-state index contributed by atoms with van der Waals surface area (Å²) < 4.78 is 5.76. The quantitative estimate of drug-likeness (QED) is 0.761. The Kier molecular flexibility index (Phi) is 6.31. The molecule has 2 aromatic rings. The summed E-state index contributed by atoms with van der Waals surface area (Å²) in [7, 11) is 1.57. The molecule has 23 heavy (non-hydrogen) atoms. The van der Waals surface area contributed by atoms with E-state index < -0.39 is 0 Å². The second-order valence-electron chi connectivity index (χ2n) is 4.79. The lowest BCUT2D eigenvalue weighted by atomic mass is 10.1. The molecule has 0 bridgehead atoms. The average molecular weight is 377 g/mol. The monoisotopic (exact) mass is 376 g/mol. The number of rotatable bonds is 6. The number of ether oxygens (including phenoxy) is 1. The molecule has 0 aliphatic carbocycles. The average Bonchev–Trinajstić information content (AvgIpc) is 2.55. The van der Waals surface area contributed by atoms with Gasteiger partial charge in [-0.05, 0) is 36.4 Å². The Morgan fingerprint density at radius 3 is 2.43 bits per heavy atom. The van der Waals surface area contributed by atoms with Crippen molar-refractivity contribution in [2.75, 3.05) is 25.6 Å². The topological polar surface area (TPSA) is 67.4 Å². The Morgan fingerprint density at radius 1 is 1.04 bits per heavy atom. The number of anilines is 1. The third-order valence-corrected chi connectivity index (χ3v) is 3.55. The van der Waals surface area contributed by atoms with Gasteiger partial charge in [-0.1, -0.05) is 28.1 Å². The highest BCUT2D eigenvalue weighted by Gasteiger charge is 2.10. The van der Waals surface area contributed by atoms with E-state index in [0.29, 0.717) is 30.0 Å². The van der Waals surface area contributed by atoms with Gasteiger partial charge in [-0.3, -0.25) is 9.59 Å².